The molecule has 3 aromatic heterocycles. The molecule has 0 aliphatic carbocycles. The predicted octanol–water partition coefficient (Wildman–Crippen LogP) is 0.923. The van der Waals surface area contributed by atoms with Gasteiger partial charge in [-0.25, -0.2) is 14.4 Å². The standard InChI is InChI=1S/C21H24N12O9/c34-19(28-16-22-10-25-31-16)40-4-1-37-13-7-14(38-2-5-41-20(35)29-17-23-11-26-32-17)9-15(8-13)39-3-6-42-21(36)30-18-24-12-27-33-18/h7-12H,1-6H2,(H2,22,25,28,31,34)(H2,23,26,29,32,35)(H2,24,27,30,33,36). The van der Waals surface area contributed by atoms with E-state index in [0.717, 1.165) is 0 Å². The summed E-state index contributed by atoms with van der Waals surface area (Å²) in [6.45, 7) is -0.315. The first-order valence-corrected chi connectivity index (χ1v) is 12.0. The molecule has 3 heterocycles. The molecule has 0 fully saturated rings. The van der Waals surface area contributed by atoms with Gasteiger partial charge >= 0.3 is 18.3 Å². The van der Waals surface area contributed by atoms with Crippen LogP contribution in [0.4, 0.5) is 32.2 Å². The van der Waals surface area contributed by atoms with E-state index >= 15 is 0 Å². The van der Waals surface area contributed by atoms with Crippen molar-refractivity contribution in [2.45, 2.75) is 0 Å². The Balaban J connectivity index is 1.24. The van der Waals surface area contributed by atoms with Gasteiger partial charge in [-0.15, -0.1) is 30.6 Å². The van der Waals surface area contributed by atoms with Gasteiger partial charge in [-0.3, -0.25) is 16.0 Å². The number of aromatic nitrogens is 9. The van der Waals surface area contributed by atoms with E-state index in [4.69, 9.17) is 28.4 Å². The third-order valence-electron chi connectivity index (χ3n) is 4.52. The van der Waals surface area contributed by atoms with Gasteiger partial charge in [0, 0.05) is 18.2 Å². The van der Waals surface area contributed by atoms with E-state index in [1.807, 2.05) is 0 Å². The van der Waals surface area contributed by atoms with Crippen LogP contribution in [0.2, 0.25) is 0 Å². The molecule has 222 valence electrons. The number of rotatable bonds is 15. The Labute approximate surface area is 235 Å². The number of amides is 3. The zero-order valence-electron chi connectivity index (χ0n) is 21.6. The first-order valence-electron chi connectivity index (χ1n) is 12.0. The largest absolute Gasteiger partial charge is 0.490 e. The van der Waals surface area contributed by atoms with Crippen LogP contribution in [0.25, 0.3) is 0 Å². The maximum Gasteiger partial charge on any atom is 0.414 e. The topological polar surface area (TPSA) is 267 Å². The minimum absolute atomic E-state index is 0.0114. The summed E-state index contributed by atoms with van der Waals surface area (Å²) in [6.07, 6.45) is 1.63. The predicted molar refractivity (Wildman–Crippen MR) is 137 cm³/mol. The van der Waals surface area contributed by atoms with E-state index in [2.05, 4.69) is 61.5 Å². The van der Waals surface area contributed by atoms with E-state index in [9.17, 15) is 14.4 Å². The van der Waals surface area contributed by atoms with Crippen molar-refractivity contribution in [3.63, 3.8) is 0 Å². The molecule has 1 aromatic carbocycles. The van der Waals surface area contributed by atoms with Gasteiger partial charge in [-0.2, -0.15) is 0 Å². The molecule has 0 bridgehead atoms. The Morgan fingerprint density at radius 2 is 0.833 bits per heavy atom. The van der Waals surface area contributed by atoms with Crippen LogP contribution < -0.4 is 30.2 Å². The highest BCUT2D eigenvalue weighted by Gasteiger charge is 2.10. The lowest BCUT2D eigenvalue weighted by molar-refractivity contribution is 0.134. The van der Waals surface area contributed by atoms with Crippen LogP contribution in [0.1, 0.15) is 0 Å². The Morgan fingerprint density at radius 3 is 1.10 bits per heavy atom. The zero-order chi connectivity index (χ0) is 29.4. The Hall–Kier alpha value is -6.15. The third kappa shape index (κ3) is 10.2. The number of nitrogens with zero attached hydrogens (tertiary/aromatic N) is 6. The number of hydrogen-bond acceptors (Lipinski definition) is 15. The molecule has 0 spiro atoms. The van der Waals surface area contributed by atoms with Gasteiger partial charge in [-0.1, -0.05) is 0 Å². The number of benzene rings is 1. The van der Waals surface area contributed by atoms with Gasteiger partial charge in [0.25, 0.3) is 0 Å². The van der Waals surface area contributed by atoms with Crippen LogP contribution >= 0.6 is 0 Å². The van der Waals surface area contributed by atoms with Gasteiger partial charge in [-0.05, 0) is 0 Å². The van der Waals surface area contributed by atoms with Crippen molar-refractivity contribution in [2.24, 2.45) is 0 Å². The summed E-state index contributed by atoms with van der Waals surface area (Å²) >= 11 is 0. The fourth-order valence-corrected chi connectivity index (χ4v) is 2.88. The smallest absolute Gasteiger partial charge is 0.414 e. The van der Waals surface area contributed by atoms with Crippen molar-refractivity contribution in [3.8, 4) is 17.2 Å². The fourth-order valence-electron chi connectivity index (χ4n) is 2.88. The minimum Gasteiger partial charge on any atom is -0.490 e. The van der Waals surface area contributed by atoms with Crippen LogP contribution in [-0.2, 0) is 14.2 Å². The van der Waals surface area contributed by atoms with Crippen molar-refractivity contribution in [3.05, 3.63) is 37.2 Å². The van der Waals surface area contributed by atoms with Crippen LogP contribution in [0, 0.1) is 0 Å². The van der Waals surface area contributed by atoms with Crippen LogP contribution in [0.3, 0.4) is 0 Å². The summed E-state index contributed by atoms with van der Waals surface area (Å²) in [6, 6.07) is 4.66. The minimum atomic E-state index is -0.754. The average molecular weight is 588 g/mol. The van der Waals surface area contributed by atoms with E-state index < -0.39 is 18.3 Å². The lowest BCUT2D eigenvalue weighted by Gasteiger charge is -2.14. The summed E-state index contributed by atoms with van der Waals surface area (Å²) < 4.78 is 32.0. The van der Waals surface area contributed by atoms with Crippen molar-refractivity contribution < 1.29 is 42.8 Å². The lowest BCUT2D eigenvalue weighted by atomic mass is 10.3. The van der Waals surface area contributed by atoms with Crippen LogP contribution in [0.15, 0.2) is 37.2 Å². The van der Waals surface area contributed by atoms with Gasteiger partial charge in [0.2, 0.25) is 17.8 Å². The first kappa shape index (κ1) is 28.8. The molecular formula is C21H24N12O9. The first-order chi connectivity index (χ1) is 20.5. The second-order valence-corrected chi connectivity index (χ2v) is 7.48. The maximum absolute atomic E-state index is 11.8. The monoisotopic (exact) mass is 588 g/mol. The normalized spacial score (nSPS) is 10.3. The second-order valence-electron chi connectivity index (χ2n) is 7.48. The second kappa shape index (κ2) is 15.4. The van der Waals surface area contributed by atoms with E-state index in [1.54, 1.807) is 18.2 Å². The Kier molecular flexibility index (Phi) is 10.6. The summed E-state index contributed by atoms with van der Waals surface area (Å²) in [7, 11) is 0. The van der Waals surface area contributed by atoms with Crippen LogP contribution in [-0.4, -0.2) is 103 Å². The molecular weight excluding hydrogens is 564 g/mol. The quantitative estimate of drug-likeness (QED) is 0.0832. The van der Waals surface area contributed by atoms with Crippen molar-refractivity contribution in [1.29, 1.82) is 0 Å². The zero-order valence-corrected chi connectivity index (χ0v) is 21.6. The third-order valence-corrected chi connectivity index (χ3v) is 4.52. The summed E-state index contributed by atoms with van der Waals surface area (Å²) in [5, 5.41) is 28.5. The average Bonchev–Trinajstić information content (AvgIpc) is 3.77. The lowest BCUT2D eigenvalue weighted by Crippen LogP contribution is -2.19. The molecule has 0 saturated heterocycles. The molecule has 0 atom stereocenters. The van der Waals surface area contributed by atoms with Gasteiger partial charge in [0.15, 0.2) is 0 Å². The fraction of sp³-hybridized carbons (Fsp3) is 0.286. The molecule has 0 aliphatic heterocycles. The summed E-state index contributed by atoms with van der Waals surface area (Å²) in [5.41, 5.74) is 0. The molecule has 6 N–H and O–H groups in total. The highest BCUT2D eigenvalue weighted by molar-refractivity contribution is 5.82. The highest BCUT2D eigenvalue weighted by atomic mass is 16.6. The molecule has 4 aromatic rings. The molecule has 42 heavy (non-hydrogen) atoms. The van der Waals surface area contributed by atoms with Gasteiger partial charge in [0.1, 0.15) is 75.9 Å². The van der Waals surface area contributed by atoms with E-state index in [-0.39, 0.29) is 57.5 Å². The number of aromatic amines is 3. The number of carbonyl (C=O) groups is 3. The summed E-state index contributed by atoms with van der Waals surface area (Å²) in [4.78, 5) is 43.2. The maximum atomic E-state index is 11.8. The SMILES string of the molecule is O=C(Nc1nnc[nH]1)OCCOc1cc(OCCOC(=O)Nc2nnc[nH]2)cc(OCCOC(=O)Nc2nnc[nH]2)c1. The molecule has 4 rings (SSSR count). The van der Waals surface area contributed by atoms with Crippen molar-refractivity contribution in [1.82, 2.24) is 45.5 Å². The molecule has 0 aliphatic rings. The van der Waals surface area contributed by atoms with Crippen molar-refractivity contribution in [2.75, 3.05) is 55.6 Å². The molecule has 0 saturated carbocycles. The van der Waals surface area contributed by atoms with Gasteiger partial charge < -0.3 is 43.4 Å². The Morgan fingerprint density at radius 1 is 0.524 bits per heavy atom. The van der Waals surface area contributed by atoms with Crippen molar-refractivity contribution >= 4 is 36.1 Å². The molecule has 0 unspecified atom stereocenters. The number of nitrogens with one attached hydrogen (secondary N) is 6. The van der Waals surface area contributed by atoms with Gasteiger partial charge in [0.05, 0.1) is 0 Å². The number of H-pyrrole nitrogens is 3. The molecule has 21 nitrogen and oxygen atoms in total. The van der Waals surface area contributed by atoms with Crippen LogP contribution in [0.5, 0.6) is 17.2 Å². The van der Waals surface area contributed by atoms with E-state index in [1.165, 1.54) is 19.0 Å². The number of carbonyl (C=O) groups excluding carboxylic acids is 3. The number of ether oxygens (including phenoxy) is 6. The number of anilines is 3. The molecule has 21 heteroatoms. The van der Waals surface area contributed by atoms with E-state index in [0.29, 0.717) is 17.2 Å². The molecule has 0 radical (unpaired) electrons. The number of hydrogen-bond donors (Lipinski definition) is 6. The molecule has 3 amide bonds. The summed E-state index contributed by atoms with van der Waals surface area (Å²) in [5.74, 6) is 1.34. The Bertz CT molecular complexity index is 1200. The highest BCUT2D eigenvalue weighted by Crippen LogP contribution is 2.28.